The fourth-order valence-electron chi connectivity index (χ4n) is 1.36. The molecule has 0 aliphatic heterocycles. The van der Waals surface area contributed by atoms with Crippen molar-refractivity contribution in [2.75, 3.05) is 12.3 Å². The quantitative estimate of drug-likeness (QED) is 0.682. The smallest absolute Gasteiger partial charge is 0.115 e. The van der Waals surface area contributed by atoms with Crippen LogP contribution < -0.4 is 5.73 Å². The van der Waals surface area contributed by atoms with Gasteiger partial charge in [0.05, 0.1) is 18.2 Å². The van der Waals surface area contributed by atoms with E-state index in [0.29, 0.717) is 5.69 Å². The SMILES string of the molecule is CC(CO)n1nnc2cc(N)ccc21. The highest BCUT2D eigenvalue weighted by Gasteiger charge is 2.09. The molecule has 0 bridgehead atoms. The predicted molar refractivity (Wildman–Crippen MR) is 53.7 cm³/mol. The van der Waals surface area contributed by atoms with E-state index in [4.69, 9.17) is 10.8 Å². The summed E-state index contributed by atoms with van der Waals surface area (Å²) in [5.41, 5.74) is 7.93. The Kier molecular flexibility index (Phi) is 2.09. The Balaban J connectivity index is 2.58. The van der Waals surface area contributed by atoms with Gasteiger partial charge >= 0.3 is 0 Å². The molecule has 5 nitrogen and oxygen atoms in total. The van der Waals surface area contributed by atoms with E-state index in [2.05, 4.69) is 10.3 Å². The molecule has 2 rings (SSSR count). The zero-order valence-corrected chi connectivity index (χ0v) is 7.88. The van der Waals surface area contributed by atoms with Crippen molar-refractivity contribution in [3.05, 3.63) is 18.2 Å². The molecule has 2 aromatic rings. The second-order valence-corrected chi connectivity index (χ2v) is 3.31. The van der Waals surface area contributed by atoms with Crippen molar-refractivity contribution in [1.29, 1.82) is 0 Å². The minimum atomic E-state index is -0.0661. The third-order valence-electron chi connectivity index (χ3n) is 2.18. The molecular formula is C9H12N4O. The van der Waals surface area contributed by atoms with Gasteiger partial charge in [0.2, 0.25) is 0 Å². The first-order valence-electron chi connectivity index (χ1n) is 4.43. The van der Waals surface area contributed by atoms with Crippen LogP contribution in [0.25, 0.3) is 11.0 Å². The van der Waals surface area contributed by atoms with Crippen molar-refractivity contribution < 1.29 is 5.11 Å². The molecule has 1 unspecified atom stereocenters. The number of aliphatic hydroxyl groups excluding tert-OH is 1. The number of nitrogens with zero attached hydrogens (tertiary/aromatic N) is 3. The highest BCUT2D eigenvalue weighted by molar-refractivity contribution is 5.78. The van der Waals surface area contributed by atoms with Gasteiger partial charge in [-0.2, -0.15) is 0 Å². The topological polar surface area (TPSA) is 77.0 Å². The summed E-state index contributed by atoms with van der Waals surface area (Å²) in [4.78, 5) is 0. The van der Waals surface area contributed by atoms with Crippen LogP contribution in [0.15, 0.2) is 18.2 Å². The monoisotopic (exact) mass is 192 g/mol. The van der Waals surface area contributed by atoms with Gasteiger partial charge in [-0.25, -0.2) is 4.68 Å². The van der Waals surface area contributed by atoms with Crippen LogP contribution in [0.2, 0.25) is 0 Å². The van der Waals surface area contributed by atoms with Gasteiger partial charge in [0.25, 0.3) is 0 Å². The molecule has 1 heterocycles. The average molecular weight is 192 g/mol. The molecule has 0 radical (unpaired) electrons. The normalized spacial score (nSPS) is 13.3. The van der Waals surface area contributed by atoms with Gasteiger partial charge in [0.15, 0.2) is 0 Å². The number of rotatable bonds is 2. The minimum absolute atomic E-state index is 0.0445. The summed E-state index contributed by atoms with van der Waals surface area (Å²) in [7, 11) is 0. The number of aliphatic hydroxyl groups is 1. The van der Waals surface area contributed by atoms with E-state index in [1.165, 1.54) is 0 Å². The predicted octanol–water partition coefficient (Wildman–Crippen LogP) is 0.567. The van der Waals surface area contributed by atoms with Gasteiger partial charge in [-0.05, 0) is 25.1 Å². The van der Waals surface area contributed by atoms with Gasteiger partial charge in [-0.1, -0.05) is 5.21 Å². The van der Waals surface area contributed by atoms with Crippen molar-refractivity contribution in [1.82, 2.24) is 15.0 Å². The van der Waals surface area contributed by atoms with Gasteiger partial charge in [0, 0.05) is 5.69 Å². The van der Waals surface area contributed by atoms with Gasteiger partial charge in [0.1, 0.15) is 5.52 Å². The Morgan fingerprint density at radius 3 is 3.07 bits per heavy atom. The first-order chi connectivity index (χ1) is 6.72. The van der Waals surface area contributed by atoms with Crippen molar-refractivity contribution >= 4 is 16.7 Å². The second-order valence-electron chi connectivity index (χ2n) is 3.31. The average Bonchev–Trinajstić information content (AvgIpc) is 2.59. The van der Waals surface area contributed by atoms with Crippen molar-refractivity contribution in [2.24, 2.45) is 0 Å². The molecule has 14 heavy (non-hydrogen) atoms. The van der Waals surface area contributed by atoms with Crippen LogP contribution in [0.3, 0.4) is 0 Å². The first kappa shape index (κ1) is 8.96. The maximum atomic E-state index is 9.01. The van der Waals surface area contributed by atoms with E-state index in [1.54, 1.807) is 16.8 Å². The van der Waals surface area contributed by atoms with Crippen LogP contribution in [0.4, 0.5) is 5.69 Å². The van der Waals surface area contributed by atoms with Crippen LogP contribution in [0.5, 0.6) is 0 Å². The molecule has 1 aromatic carbocycles. The van der Waals surface area contributed by atoms with E-state index < -0.39 is 0 Å². The molecule has 0 fully saturated rings. The number of benzene rings is 1. The largest absolute Gasteiger partial charge is 0.399 e. The van der Waals surface area contributed by atoms with Gasteiger partial charge < -0.3 is 10.8 Å². The van der Waals surface area contributed by atoms with Crippen LogP contribution in [-0.4, -0.2) is 26.7 Å². The van der Waals surface area contributed by atoms with Crippen LogP contribution >= 0.6 is 0 Å². The zero-order valence-electron chi connectivity index (χ0n) is 7.88. The molecule has 5 heteroatoms. The summed E-state index contributed by atoms with van der Waals surface area (Å²) in [6, 6.07) is 5.36. The summed E-state index contributed by atoms with van der Waals surface area (Å²) in [5.74, 6) is 0. The Morgan fingerprint density at radius 2 is 2.36 bits per heavy atom. The second kappa shape index (κ2) is 3.26. The van der Waals surface area contributed by atoms with Gasteiger partial charge in [-0.3, -0.25) is 0 Å². The lowest BCUT2D eigenvalue weighted by atomic mass is 10.2. The van der Waals surface area contributed by atoms with E-state index >= 15 is 0 Å². The highest BCUT2D eigenvalue weighted by atomic mass is 16.3. The molecular weight excluding hydrogens is 180 g/mol. The minimum Gasteiger partial charge on any atom is -0.399 e. The third-order valence-corrected chi connectivity index (χ3v) is 2.18. The molecule has 0 spiro atoms. The summed E-state index contributed by atoms with van der Waals surface area (Å²) in [6.45, 7) is 1.92. The lowest BCUT2D eigenvalue weighted by Gasteiger charge is -2.07. The maximum Gasteiger partial charge on any atom is 0.115 e. The lowest BCUT2D eigenvalue weighted by molar-refractivity contribution is 0.231. The number of hydrogen-bond acceptors (Lipinski definition) is 4. The molecule has 3 N–H and O–H groups in total. The van der Waals surface area contributed by atoms with Crippen molar-refractivity contribution in [3.63, 3.8) is 0 Å². The summed E-state index contributed by atoms with van der Waals surface area (Å²) in [5, 5.41) is 16.9. The molecule has 1 atom stereocenters. The molecule has 0 aliphatic carbocycles. The molecule has 1 aromatic heterocycles. The van der Waals surface area contributed by atoms with E-state index in [1.807, 2.05) is 13.0 Å². The molecule has 0 saturated carbocycles. The number of nitrogen functional groups attached to an aromatic ring is 1. The fraction of sp³-hybridized carbons (Fsp3) is 0.333. The maximum absolute atomic E-state index is 9.01. The zero-order chi connectivity index (χ0) is 10.1. The van der Waals surface area contributed by atoms with Crippen LogP contribution in [-0.2, 0) is 0 Å². The Bertz CT molecular complexity index is 451. The Hall–Kier alpha value is -1.62. The number of aromatic nitrogens is 3. The third kappa shape index (κ3) is 1.31. The van der Waals surface area contributed by atoms with Gasteiger partial charge in [-0.15, -0.1) is 5.10 Å². The Morgan fingerprint density at radius 1 is 1.57 bits per heavy atom. The van der Waals surface area contributed by atoms with Crippen LogP contribution in [0.1, 0.15) is 13.0 Å². The van der Waals surface area contributed by atoms with Crippen LogP contribution in [0, 0.1) is 0 Å². The van der Waals surface area contributed by atoms with E-state index in [-0.39, 0.29) is 12.6 Å². The van der Waals surface area contributed by atoms with Crippen molar-refractivity contribution in [2.45, 2.75) is 13.0 Å². The molecule has 0 aliphatic rings. The Labute approximate surface area is 81.1 Å². The number of anilines is 1. The fourth-order valence-corrected chi connectivity index (χ4v) is 1.36. The molecule has 0 saturated heterocycles. The lowest BCUT2D eigenvalue weighted by Crippen LogP contribution is -2.10. The summed E-state index contributed by atoms with van der Waals surface area (Å²) >= 11 is 0. The number of nitrogens with two attached hydrogens (primary N) is 1. The number of hydrogen-bond donors (Lipinski definition) is 2. The molecule has 0 amide bonds. The number of fused-ring (bicyclic) bond motifs is 1. The van der Waals surface area contributed by atoms with E-state index in [0.717, 1.165) is 11.0 Å². The molecule has 74 valence electrons. The standard InChI is InChI=1S/C9H12N4O/c1-6(5-14)13-9-3-2-7(10)4-8(9)11-12-13/h2-4,6,14H,5,10H2,1H3. The van der Waals surface area contributed by atoms with Crippen molar-refractivity contribution in [3.8, 4) is 0 Å². The summed E-state index contributed by atoms with van der Waals surface area (Å²) in [6.07, 6.45) is 0. The highest BCUT2D eigenvalue weighted by Crippen LogP contribution is 2.17. The van der Waals surface area contributed by atoms with E-state index in [9.17, 15) is 0 Å². The summed E-state index contributed by atoms with van der Waals surface area (Å²) < 4.78 is 1.69. The first-order valence-corrected chi connectivity index (χ1v) is 4.43.